The first kappa shape index (κ1) is 29.8. The van der Waals surface area contributed by atoms with Crippen LogP contribution in [0, 0.1) is 11.3 Å². The van der Waals surface area contributed by atoms with E-state index in [-0.39, 0.29) is 11.7 Å². The maximum absolute atomic E-state index is 13.6. The number of halogens is 1. The minimum atomic E-state index is -0.0545. The van der Waals surface area contributed by atoms with E-state index < -0.39 is 0 Å². The van der Waals surface area contributed by atoms with Gasteiger partial charge in [-0.25, -0.2) is 4.98 Å². The summed E-state index contributed by atoms with van der Waals surface area (Å²) in [5, 5.41) is 8.32. The highest BCUT2D eigenvalue weighted by atomic mass is 35.5. The number of hydrogen-bond donors (Lipinski definition) is 3. The van der Waals surface area contributed by atoms with E-state index in [9.17, 15) is 4.79 Å². The summed E-state index contributed by atoms with van der Waals surface area (Å²) in [4.78, 5) is 20.5. The van der Waals surface area contributed by atoms with Gasteiger partial charge in [0.1, 0.15) is 11.7 Å². The molecule has 5 rings (SSSR count). The normalized spacial score (nSPS) is 13.9. The van der Waals surface area contributed by atoms with Crippen molar-refractivity contribution >= 4 is 34.4 Å². The lowest BCUT2D eigenvalue weighted by atomic mass is 9.87. The monoisotopic (exact) mass is 584 g/mol. The van der Waals surface area contributed by atoms with Crippen molar-refractivity contribution in [3.63, 3.8) is 0 Å². The van der Waals surface area contributed by atoms with Crippen molar-refractivity contribution in [3.8, 4) is 0 Å². The zero-order valence-electron chi connectivity index (χ0n) is 24.2. The van der Waals surface area contributed by atoms with Crippen LogP contribution in [0.2, 0.25) is 5.02 Å². The maximum atomic E-state index is 13.6. The predicted octanol–water partition coefficient (Wildman–Crippen LogP) is 6.33. The molecule has 1 amide bonds. The molecule has 0 saturated heterocycles. The standard InChI is InChI=1S/C34H41ClN6O/c35-29-14-8-26(9-15-29)23-40(21-19-36)34(42)28-13-16-31-30(22-28)39-32(41(31)20-18-24-4-2-1-3-5-24)17-10-25-6-11-27(12-7-25)33(37)38/h6-9,11-16,22,24H,1-5,10,17-21,23,36H2,(H3,37,38). The molecule has 42 heavy (non-hydrogen) atoms. The Labute approximate surface area is 253 Å². The molecule has 5 N–H and O–H groups in total. The number of amidine groups is 1. The average Bonchev–Trinajstić information content (AvgIpc) is 3.36. The molecule has 1 aliphatic rings. The fraction of sp³-hybridized carbons (Fsp3) is 0.382. The highest BCUT2D eigenvalue weighted by Gasteiger charge is 2.20. The fourth-order valence-corrected chi connectivity index (χ4v) is 6.17. The number of imidazole rings is 1. The number of aromatic nitrogens is 2. The van der Waals surface area contributed by atoms with Crippen molar-refractivity contribution < 1.29 is 4.79 Å². The molecular formula is C34H41ClN6O. The number of nitrogens with one attached hydrogen (secondary N) is 1. The summed E-state index contributed by atoms with van der Waals surface area (Å²) in [5.41, 5.74) is 17.0. The molecule has 3 aromatic carbocycles. The lowest BCUT2D eigenvalue weighted by molar-refractivity contribution is 0.0748. The van der Waals surface area contributed by atoms with Crippen molar-refractivity contribution in [2.75, 3.05) is 13.1 Å². The Balaban J connectivity index is 1.39. The van der Waals surface area contributed by atoms with E-state index in [1.165, 1.54) is 37.7 Å². The Bertz CT molecular complexity index is 1510. The largest absolute Gasteiger partial charge is 0.384 e. The van der Waals surface area contributed by atoms with Crippen LogP contribution in [-0.4, -0.2) is 39.3 Å². The minimum Gasteiger partial charge on any atom is -0.384 e. The Hall–Kier alpha value is -3.68. The van der Waals surface area contributed by atoms with E-state index in [1.807, 2.05) is 60.7 Å². The summed E-state index contributed by atoms with van der Waals surface area (Å²) in [5.74, 6) is 1.83. The Morgan fingerprint density at radius 3 is 2.33 bits per heavy atom. The number of nitrogen functional groups attached to an aromatic ring is 1. The van der Waals surface area contributed by atoms with Crippen molar-refractivity contribution in [2.45, 2.75) is 64.5 Å². The number of nitrogens with two attached hydrogens (primary N) is 2. The molecule has 1 fully saturated rings. The molecule has 1 heterocycles. The van der Waals surface area contributed by atoms with Gasteiger partial charge < -0.3 is 20.9 Å². The summed E-state index contributed by atoms with van der Waals surface area (Å²) in [6.07, 6.45) is 9.42. The molecule has 0 unspecified atom stereocenters. The topological polar surface area (TPSA) is 114 Å². The second-order valence-corrected chi connectivity index (χ2v) is 11.9. The first-order valence-electron chi connectivity index (χ1n) is 15.1. The van der Waals surface area contributed by atoms with Crippen LogP contribution < -0.4 is 11.5 Å². The van der Waals surface area contributed by atoms with E-state index in [0.717, 1.165) is 59.7 Å². The van der Waals surface area contributed by atoms with E-state index in [0.29, 0.717) is 30.2 Å². The van der Waals surface area contributed by atoms with Crippen LogP contribution in [0.15, 0.2) is 66.7 Å². The van der Waals surface area contributed by atoms with Gasteiger partial charge in [0.05, 0.1) is 11.0 Å². The first-order valence-corrected chi connectivity index (χ1v) is 15.5. The van der Waals surface area contributed by atoms with Gasteiger partial charge in [0, 0.05) is 48.7 Å². The number of aryl methyl sites for hydroxylation is 3. The third kappa shape index (κ3) is 7.39. The number of nitrogens with zero attached hydrogens (tertiary/aromatic N) is 3. The highest BCUT2D eigenvalue weighted by molar-refractivity contribution is 6.30. The zero-order chi connectivity index (χ0) is 29.5. The molecule has 7 nitrogen and oxygen atoms in total. The first-order chi connectivity index (χ1) is 20.4. The van der Waals surface area contributed by atoms with Gasteiger partial charge in [-0.2, -0.15) is 0 Å². The third-order valence-corrected chi connectivity index (χ3v) is 8.69. The van der Waals surface area contributed by atoms with Crippen LogP contribution in [0.5, 0.6) is 0 Å². The van der Waals surface area contributed by atoms with Gasteiger partial charge >= 0.3 is 0 Å². The molecule has 0 atom stereocenters. The molecule has 4 aromatic rings. The van der Waals surface area contributed by atoms with Gasteiger partial charge in [-0.05, 0) is 60.2 Å². The highest BCUT2D eigenvalue weighted by Crippen LogP contribution is 2.28. The fourth-order valence-electron chi connectivity index (χ4n) is 6.05. The molecule has 0 radical (unpaired) electrons. The number of hydrogen-bond acceptors (Lipinski definition) is 4. The van der Waals surface area contributed by atoms with E-state index in [1.54, 1.807) is 4.90 Å². The van der Waals surface area contributed by atoms with Gasteiger partial charge in [0.2, 0.25) is 0 Å². The zero-order valence-corrected chi connectivity index (χ0v) is 25.0. The number of benzene rings is 3. The molecule has 1 aliphatic carbocycles. The summed E-state index contributed by atoms with van der Waals surface area (Å²) < 4.78 is 2.37. The van der Waals surface area contributed by atoms with Gasteiger partial charge in [-0.1, -0.05) is 80.1 Å². The minimum absolute atomic E-state index is 0.0545. The van der Waals surface area contributed by atoms with Gasteiger partial charge in [0.25, 0.3) is 5.91 Å². The smallest absolute Gasteiger partial charge is 0.254 e. The van der Waals surface area contributed by atoms with E-state index in [4.69, 9.17) is 33.5 Å². The summed E-state index contributed by atoms with van der Waals surface area (Å²) >= 11 is 6.06. The predicted molar refractivity (Wildman–Crippen MR) is 171 cm³/mol. The van der Waals surface area contributed by atoms with Crippen LogP contribution in [0.25, 0.3) is 11.0 Å². The number of fused-ring (bicyclic) bond motifs is 1. The van der Waals surface area contributed by atoms with E-state index >= 15 is 0 Å². The summed E-state index contributed by atoms with van der Waals surface area (Å²) in [6, 6.07) is 21.4. The van der Waals surface area contributed by atoms with Gasteiger partial charge in [-0.15, -0.1) is 0 Å². The molecule has 8 heteroatoms. The number of carbonyl (C=O) groups excluding carboxylic acids is 1. The second-order valence-electron chi connectivity index (χ2n) is 11.4. The molecule has 0 bridgehead atoms. The molecule has 1 aromatic heterocycles. The lowest BCUT2D eigenvalue weighted by Gasteiger charge is -2.23. The second kappa shape index (κ2) is 14.0. The third-order valence-electron chi connectivity index (χ3n) is 8.44. The van der Waals surface area contributed by atoms with Crippen LogP contribution >= 0.6 is 11.6 Å². The molecule has 1 saturated carbocycles. The molecule has 0 spiro atoms. The maximum Gasteiger partial charge on any atom is 0.254 e. The van der Waals surface area contributed by atoms with Gasteiger partial charge in [-0.3, -0.25) is 10.2 Å². The number of carbonyl (C=O) groups is 1. The molecule has 220 valence electrons. The van der Waals surface area contributed by atoms with Crippen molar-refractivity contribution in [1.29, 1.82) is 5.41 Å². The van der Waals surface area contributed by atoms with Crippen LogP contribution in [0.3, 0.4) is 0 Å². The summed E-state index contributed by atoms with van der Waals surface area (Å²) in [7, 11) is 0. The van der Waals surface area contributed by atoms with Crippen LogP contribution in [0.4, 0.5) is 0 Å². The SMILES string of the molecule is N=C(N)c1ccc(CCc2nc3cc(C(=O)N(CCN)Cc4ccc(Cl)cc4)ccc3n2CCC2CCCCC2)cc1. The summed E-state index contributed by atoms with van der Waals surface area (Å²) in [6.45, 7) is 2.25. The Morgan fingerprint density at radius 2 is 1.64 bits per heavy atom. The van der Waals surface area contributed by atoms with Crippen molar-refractivity contribution in [1.82, 2.24) is 14.5 Å². The quantitative estimate of drug-likeness (QED) is 0.133. The van der Waals surface area contributed by atoms with Gasteiger partial charge in [0.15, 0.2) is 0 Å². The van der Waals surface area contributed by atoms with Crippen LogP contribution in [0.1, 0.15) is 71.4 Å². The average molecular weight is 585 g/mol. The number of amides is 1. The van der Waals surface area contributed by atoms with Crippen LogP contribution in [-0.2, 0) is 25.9 Å². The lowest BCUT2D eigenvalue weighted by Crippen LogP contribution is -2.34. The van der Waals surface area contributed by atoms with Crippen molar-refractivity contribution in [3.05, 3.63) is 99.8 Å². The molecular weight excluding hydrogens is 544 g/mol. The van der Waals surface area contributed by atoms with Crippen molar-refractivity contribution in [2.24, 2.45) is 17.4 Å². The number of rotatable bonds is 12. The van der Waals surface area contributed by atoms with E-state index in [2.05, 4.69) is 10.6 Å². The Kier molecular flexibility index (Phi) is 9.93. The molecule has 0 aliphatic heterocycles. The Morgan fingerprint density at radius 1 is 0.952 bits per heavy atom.